The van der Waals surface area contributed by atoms with Gasteiger partial charge in [0.1, 0.15) is 6.10 Å². The van der Waals surface area contributed by atoms with Gasteiger partial charge in [0.2, 0.25) is 0 Å². The fraction of sp³-hybridized carbons (Fsp3) is 0.500. The fourth-order valence-electron chi connectivity index (χ4n) is 1.85. The molecule has 5 nitrogen and oxygen atoms in total. The molecule has 1 N–H and O–H groups in total. The lowest BCUT2D eigenvalue weighted by atomic mass is 10.1. The Bertz CT molecular complexity index is 474. The molecule has 0 amide bonds. The Balaban J connectivity index is 2.23. The summed E-state index contributed by atoms with van der Waals surface area (Å²) >= 11 is 0. The second-order valence-electron chi connectivity index (χ2n) is 4.04. The van der Waals surface area contributed by atoms with Crippen molar-refractivity contribution >= 4 is 0 Å². The molecule has 2 aromatic heterocycles. The summed E-state index contributed by atoms with van der Waals surface area (Å²) in [7, 11) is 0. The van der Waals surface area contributed by atoms with Gasteiger partial charge in [0.05, 0.1) is 24.4 Å². The van der Waals surface area contributed by atoms with Crippen molar-refractivity contribution in [3.05, 3.63) is 36.2 Å². The van der Waals surface area contributed by atoms with Crippen LogP contribution in [0.2, 0.25) is 0 Å². The highest BCUT2D eigenvalue weighted by Gasteiger charge is 2.16. The largest absolute Gasteiger partial charge is 0.382 e. The summed E-state index contributed by atoms with van der Waals surface area (Å²) in [6.45, 7) is 5.80. The van der Waals surface area contributed by atoms with Crippen LogP contribution in [0.25, 0.3) is 0 Å². The Kier molecular flexibility index (Phi) is 3.58. The first-order valence-electron chi connectivity index (χ1n) is 5.96. The molecule has 0 spiro atoms. The van der Waals surface area contributed by atoms with E-state index in [-0.39, 0.29) is 0 Å². The SMILES string of the molecule is CCCn1cncc1C(O)c1cnn(CC)c1. The van der Waals surface area contributed by atoms with Gasteiger partial charge in [-0.3, -0.25) is 4.68 Å². The van der Waals surface area contributed by atoms with Crippen LogP contribution in [-0.4, -0.2) is 24.4 Å². The number of aromatic nitrogens is 4. The molecule has 92 valence electrons. The van der Waals surface area contributed by atoms with Crippen LogP contribution >= 0.6 is 0 Å². The Morgan fingerprint density at radius 2 is 2.18 bits per heavy atom. The average molecular weight is 234 g/mol. The third kappa shape index (κ3) is 2.39. The molecule has 2 rings (SSSR count). The van der Waals surface area contributed by atoms with Gasteiger partial charge in [0, 0.05) is 24.8 Å². The van der Waals surface area contributed by atoms with Gasteiger partial charge in [0.15, 0.2) is 0 Å². The molecule has 0 fully saturated rings. The second kappa shape index (κ2) is 5.14. The molecule has 0 saturated heterocycles. The van der Waals surface area contributed by atoms with Gasteiger partial charge in [-0.05, 0) is 13.3 Å². The van der Waals surface area contributed by atoms with Crippen molar-refractivity contribution in [3.63, 3.8) is 0 Å². The van der Waals surface area contributed by atoms with Crippen LogP contribution in [0.1, 0.15) is 37.6 Å². The molecule has 0 saturated carbocycles. The lowest BCUT2D eigenvalue weighted by molar-refractivity contribution is 0.209. The number of rotatable bonds is 5. The molecular formula is C12H18N4O. The maximum Gasteiger partial charge on any atom is 0.124 e. The maximum absolute atomic E-state index is 10.3. The number of nitrogens with zero attached hydrogens (tertiary/aromatic N) is 4. The average Bonchev–Trinajstić information content (AvgIpc) is 2.97. The van der Waals surface area contributed by atoms with Crippen LogP contribution in [0.4, 0.5) is 0 Å². The van der Waals surface area contributed by atoms with Crippen LogP contribution in [0.15, 0.2) is 24.9 Å². The van der Waals surface area contributed by atoms with E-state index in [1.165, 1.54) is 0 Å². The van der Waals surface area contributed by atoms with Gasteiger partial charge in [0.25, 0.3) is 0 Å². The summed E-state index contributed by atoms with van der Waals surface area (Å²) < 4.78 is 3.78. The summed E-state index contributed by atoms with van der Waals surface area (Å²) in [5.41, 5.74) is 1.63. The Hall–Kier alpha value is -1.62. The number of aliphatic hydroxyl groups is 1. The molecule has 1 unspecified atom stereocenters. The lowest BCUT2D eigenvalue weighted by Crippen LogP contribution is -2.07. The van der Waals surface area contributed by atoms with Crippen molar-refractivity contribution in [2.75, 3.05) is 0 Å². The zero-order valence-corrected chi connectivity index (χ0v) is 10.2. The number of hydrogen-bond donors (Lipinski definition) is 1. The maximum atomic E-state index is 10.3. The summed E-state index contributed by atoms with van der Waals surface area (Å²) in [6.07, 6.45) is 7.41. The van der Waals surface area contributed by atoms with E-state index in [1.54, 1.807) is 23.4 Å². The first-order valence-corrected chi connectivity index (χ1v) is 5.96. The topological polar surface area (TPSA) is 55.9 Å². The molecule has 0 aliphatic carbocycles. The minimum Gasteiger partial charge on any atom is -0.382 e. The van der Waals surface area contributed by atoms with E-state index in [4.69, 9.17) is 0 Å². The van der Waals surface area contributed by atoms with E-state index in [1.807, 2.05) is 17.7 Å². The molecule has 2 heterocycles. The fourth-order valence-corrected chi connectivity index (χ4v) is 1.85. The number of aryl methyl sites for hydroxylation is 2. The molecule has 0 aromatic carbocycles. The third-order valence-corrected chi connectivity index (χ3v) is 2.78. The molecule has 0 radical (unpaired) electrons. The standard InChI is InChI=1S/C12H18N4O/c1-3-5-15-9-13-7-11(15)12(17)10-6-14-16(4-2)8-10/h6-9,12,17H,3-5H2,1-2H3. The van der Waals surface area contributed by atoms with Crippen LogP contribution in [-0.2, 0) is 13.1 Å². The molecular weight excluding hydrogens is 216 g/mol. The van der Waals surface area contributed by atoms with E-state index in [9.17, 15) is 5.11 Å². The van der Waals surface area contributed by atoms with Crippen LogP contribution in [0.3, 0.4) is 0 Å². The number of imidazole rings is 1. The van der Waals surface area contributed by atoms with E-state index in [0.717, 1.165) is 30.8 Å². The zero-order valence-electron chi connectivity index (χ0n) is 10.2. The van der Waals surface area contributed by atoms with Crippen molar-refractivity contribution in [3.8, 4) is 0 Å². The molecule has 2 aromatic rings. The van der Waals surface area contributed by atoms with Crippen molar-refractivity contribution < 1.29 is 5.11 Å². The predicted octanol–water partition coefficient (Wildman–Crippen LogP) is 1.59. The molecule has 5 heteroatoms. The van der Waals surface area contributed by atoms with Gasteiger partial charge in [-0.1, -0.05) is 6.92 Å². The van der Waals surface area contributed by atoms with Crippen LogP contribution in [0.5, 0.6) is 0 Å². The molecule has 0 aliphatic heterocycles. The Labute approximate surface area is 101 Å². The minimum absolute atomic E-state index is 0.649. The summed E-state index contributed by atoms with van der Waals surface area (Å²) in [6, 6.07) is 0. The molecule has 0 bridgehead atoms. The summed E-state index contributed by atoms with van der Waals surface area (Å²) in [5, 5.41) is 14.5. The summed E-state index contributed by atoms with van der Waals surface area (Å²) in [5.74, 6) is 0. The summed E-state index contributed by atoms with van der Waals surface area (Å²) in [4.78, 5) is 4.09. The highest BCUT2D eigenvalue weighted by Crippen LogP contribution is 2.21. The van der Waals surface area contributed by atoms with Crippen LogP contribution < -0.4 is 0 Å². The number of hydrogen-bond acceptors (Lipinski definition) is 3. The van der Waals surface area contributed by atoms with Gasteiger partial charge >= 0.3 is 0 Å². The highest BCUT2D eigenvalue weighted by atomic mass is 16.3. The first kappa shape index (κ1) is 11.9. The number of aliphatic hydroxyl groups excluding tert-OH is 1. The monoisotopic (exact) mass is 234 g/mol. The first-order chi connectivity index (χ1) is 8.26. The quantitative estimate of drug-likeness (QED) is 0.854. The van der Waals surface area contributed by atoms with Crippen LogP contribution in [0, 0.1) is 0 Å². The van der Waals surface area contributed by atoms with E-state index < -0.39 is 6.10 Å². The molecule has 0 aliphatic rings. The smallest absolute Gasteiger partial charge is 0.124 e. The predicted molar refractivity (Wildman–Crippen MR) is 64.5 cm³/mol. The lowest BCUT2D eigenvalue weighted by Gasteiger charge is -2.11. The normalized spacial score (nSPS) is 12.9. The second-order valence-corrected chi connectivity index (χ2v) is 4.04. The van der Waals surface area contributed by atoms with Gasteiger partial charge in [-0.2, -0.15) is 5.10 Å². The van der Waals surface area contributed by atoms with Crippen molar-refractivity contribution in [1.29, 1.82) is 0 Å². The third-order valence-electron chi connectivity index (χ3n) is 2.78. The van der Waals surface area contributed by atoms with E-state index >= 15 is 0 Å². The van der Waals surface area contributed by atoms with Gasteiger partial charge in [-0.15, -0.1) is 0 Å². The van der Waals surface area contributed by atoms with Crippen molar-refractivity contribution in [1.82, 2.24) is 19.3 Å². The zero-order chi connectivity index (χ0) is 12.3. The van der Waals surface area contributed by atoms with Crippen molar-refractivity contribution in [2.45, 2.75) is 39.5 Å². The minimum atomic E-state index is -0.649. The van der Waals surface area contributed by atoms with Crippen molar-refractivity contribution in [2.24, 2.45) is 0 Å². The van der Waals surface area contributed by atoms with E-state index in [0.29, 0.717) is 0 Å². The Morgan fingerprint density at radius 1 is 1.35 bits per heavy atom. The van der Waals surface area contributed by atoms with E-state index in [2.05, 4.69) is 17.0 Å². The molecule has 1 atom stereocenters. The highest BCUT2D eigenvalue weighted by molar-refractivity contribution is 5.20. The molecule has 17 heavy (non-hydrogen) atoms. The van der Waals surface area contributed by atoms with Gasteiger partial charge < -0.3 is 9.67 Å². The Morgan fingerprint density at radius 3 is 2.82 bits per heavy atom. The van der Waals surface area contributed by atoms with Gasteiger partial charge in [-0.25, -0.2) is 4.98 Å².